The van der Waals surface area contributed by atoms with Crippen LogP contribution in [0.5, 0.6) is 0 Å². The van der Waals surface area contributed by atoms with Crippen molar-refractivity contribution in [1.82, 2.24) is 4.98 Å². The Morgan fingerprint density at radius 2 is 2.31 bits per heavy atom. The molecule has 1 amide bonds. The van der Waals surface area contributed by atoms with E-state index in [-0.39, 0.29) is 18.2 Å². The van der Waals surface area contributed by atoms with Crippen molar-refractivity contribution in [3.8, 4) is 0 Å². The van der Waals surface area contributed by atoms with Crippen molar-refractivity contribution in [3.05, 3.63) is 57.3 Å². The molecule has 2 heterocycles. The maximum Gasteiger partial charge on any atom is 0.229 e. The largest absolute Gasteiger partial charge is 0.383 e. The molecule has 2 aromatic heterocycles. The Morgan fingerprint density at radius 1 is 1.50 bits per heavy atom. The average Bonchev–Trinajstić information content (AvgIpc) is 2.96. The fourth-order valence-corrected chi connectivity index (χ4v) is 4.14. The van der Waals surface area contributed by atoms with Gasteiger partial charge in [-0.25, -0.2) is 9.38 Å². The van der Waals surface area contributed by atoms with Crippen LogP contribution >= 0.6 is 27.3 Å². The molecule has 1 aromatic carbocycles. The Morgan fingerprint density at radius 3 is 3.08 bits per heavy atom. The van der Waals surface area contributed by atoms with Gasteiger partial charge in [0.15, 0.2) is 0 Å². The molecule has 0 aliphatic carbocycles. The highest BCUT2D eigenvalue weighted by atomic mass is 79.9. The van der Waals surface area contributed by atoms with Crippen LogP contribution in [0.25, 0.3) is 10.9 Å². The Balaban J connectivity index is 1.86. The van der Waals surface area contributed by atoms with Gasteiger partial charge >= 0.3 is 0 Å². The number of nitrogens with two attached hydrogens (primary N) is 1. The predicted octanol–water partition coefficient (Wildman–Crippen LogP) is 3.69. The number of pyridine rings is 1. The lowest BCUT2D eigenvalue weighted by molar-refractivity contribution is -0.115. The molecule has 0 saturated carbocycles. The molecule has 0 aliphatic rings. The minimum absolute atomic E-state index is 0.0546. The summed E-state index contributed by atoms with van der Waals surface area (Å²) in [5, 5.41) is 12.7. The Hall–Kier alpha value is -2.65. The van der Waals surface area contributed by atoms with Crippen molar-refractivity contribution in [1.29, 1.82) is 5.41 Å². The molecular formula is C17H13BrFN5OS. The number of fused-ring (bicyclic) bond motifs is 1. The molecule has 0 spiro atoms. The minimum Gasteiger partial charge on any atom is -0.383 e. The Kier molecular flexibility index (Phi) is 5.38. The van der Waals surface area contributed by atoms with E-state index in [0.29, 0.717) is 31.5 Å². The monoisotopic (exact) mass is 433 g/mol. The van der Waals surface area contributed by atoms with Gasteiger partial charge in [-0.15, -0.1) is 11.3 Å². The molecule has 0 bridgehead atoms. The molecule has 0 unspecified atom stereocenters. The summed E-state index contributed by atoms with van der Waals surface area (Å²) in [6.45, 7) is 0. The van der Waals surface area contributed by atoms with Crippen molar-refractivity contribution < 1.29 is 9.18 Å². The van der Waals surface area contributed by atoms with Crippen LogP contribution in [-0.4, -0.2) is 23.1 Å². The van der Waals surface area contributed by atoms with Crippen LogP contribution in [0.3, 0.4) is 0 Å². The second-order valence-corrected chi connectivity index (χ2v) is 7.03. The summed E-state index contributed by atoms with van der Waals surface area (Å²) < 4.78 is 14.2. The van der Waals surface area contributed by atoms with Crippen LogP contribution in [0, 0.1) is 11.2 Å². The number of nitrogens with zero attached hydrogens (tertiary/aromatic N) is 2. The first-order chi connectivity index (χ1) is 12.5. The van der Waals surface area contributed by atoms with Gasteiger partial charge in [0.2, 0.25) is 5.91 Å². The molecule has 6 nitrogen and oxygen atoms in total. The third kappa shape index (κ3) is 3.78. The molecule has 0 saturated heterocycles. The summed E-state index contributed by atoms with van der Waals surface area (Å²) in [5.41, 5.74) is 7.67. The van der Waals surface area contributed by atoms with Gasteiger partial charge in [-0.3, -0.25) is 15.2 Å². The van der Waals surface area contributed by atoms with Crippen molar-refractivity contribution >= 4 is 61.3 Å². The SMILES string of the molecule is N=CN=C(N)c1c(Br)csc1NC(=O)Cc1cccc2ncc(F)cc12. The molecule has 3 aromatic rings. The number of nitrogens with one attached hydrogen (secondary N) is 2. The van der Waals surface area contributed by atoms with Gasteiger partial charge < -0.3 is 11.1 Å². The number of anilines is 1. The molecule has 26 heavy (non-hydrogen) atoms. The number of amidine groups is 1. The normalized spacial score (nSPS) is 11.5. The van der Waals surface area contributed by atoms with Gasteiger partial charge in [0, 0.05) is 15.2 Å². The van der Waals surface area contributed by atoms with E-state index < -0.39 is 5.82 Å². The lowest BCUT2D eigenvalue weighted by atomic mass is 10.1. The molecular weight excluding hydrogens is 421 g/mol. The summed E-state index contributed by atoms with van der Waals surface area (Å²) in [6, 6.07) is 6.67. The maximum atomic E-state index is 13.5. The van der Waals surface area contributed by atoms with E-state index in [1.165, 1.54) is 17.4 Å². The van der Waals surface area contributed by atoms with Gasteiger partial charge in [0.05, 0.1) is 23.7 Å². The second kappa shape index (κ2) is 7.71. The minimum atomic E-state index is -0.453. The molecule has 0 radical (unpaired) electrons. The van der Waals surface area contributed by atoms with Crippen molar-refractivity contribution in [3.63, 3.8) is 0 Å². The maximum absolute atomic E-state index is 13.5. The van der Waals surface area contributed by atoms with E-state index in [4.69, 9.17) is 11.1 Å². The zero-order valence-electron chi connectivity index (χ0n) is 13.3. The fraction of sp³-hybridized carbons (Fsp3) is 0.0588. The zero-order chi connectivity index (χ0) is 18.7. The number of amides is 1. The first-order valence-electron chi connectivity index (χ1n) is 7.42. The summed E-state index contributed by atoms with van der Waals surface area (Å²) in [4.78, 5) is 20.3. The molecule has 0 fully saturated rings. The van der Waals surface area contributed by atoms with E-state index in [0.717, 1.165) is 12.5 Å². The number of benzene rings is 1. The van der Waals surface area contributed by atoms with Crippen LogP contribution in [0.2, 0.25) is 0 Å². The highest BCUT2D eigenvalue weighted by molar-refractivity contribution is 9.10. The number of carbonyl (C=O) groups is 1. The standard InChI is InChI=1S/C17H13BrFN5OS/c18-12-7-26-17(15(12)16(21)23-8-20)24-14(25)4-9-2-1-3-13-11(9)5-10(19)6-22-13/h1-3,5-8H,4H2,(H,24,25)(H3,20,21,23). The first-order valence-corrected chi connectivity index (χ1v) is 9.09. The van der Waals surface area contributed by atoms with Gasteiger partial charge in [-0.05, 0) is 33.6 Å². The molecule has 132 valence electrons. The third-order valence-corrected chi connectivity index (χ3v) is 5.42. The van der Waals surface area contributed by atoms with Gasteiger partial charge in [0.1, 0.15) is 23.0 Å². The summed E-state index contributed by atoms with van der Waals surface area (Å²) in [6.07, 6.45) is 2.04. The topological polar surface area (TPSA) is 104 Å². The predicted molar refractivity (Wildman–Crippen MR) is 106 cm³/mol. The van der Waals surface area contributed by atoms with E-state index in [2.05, 4.69) is 31.2 Å². The number of rotatable bonds is 5. The second-order valence-electron chi connectivity index (χ2n) is 5.29. The highest BCUT2D eigenvalue weighted by Gasteiger charge is 2.17. The number of aromatic nitrogens is 1. The molecule has 4 N–H and O–H groups in total. The smallest absolute Gasteiger partial charge is 0.229 e. The molecule has 0 atom stereocenters. The average molecular weight is 434 g/mol. The number of aliphatic imine (C=N–C) groups is 1. The number of hydrogen-bond acceptors (Lipinski definition) is 4. The van der Waals surface area contributed by atoms with Gasteiger partial charge in [0.25, 0.3) is 0 Å². The van der Waals surface area contributed by atoms with E-state index >= 15 is 0 Å². The fourth-order valence-electron chi connectivity index (χ4n) is 2.48. The number of thiophene rings is 1. The lowest BCUT2D eigenvalue weighted by Crippen LogP contribution is -2.19. The van der Waals surface area contributed by atoms with Crippen molar-refractivity contribution in [2.45, 2.75) is 6.42 Å². The van der Waals surface area contributed by atoms with Crippen LogP contribution in [0.4, 0.5) is 9.39 Å². The summed E-state index contributed by atoms with van der Waals surface area (Å²) in [5.74, 6) is -0.606. The molecule has 9 heteroatoms. The number of hydrogen-bond donors (Lipinski definition) is 3. The van der Waals surface area contributed by atoms with Crippen LogP contribution in [0.15, 0.2) is 45.3 Å². The van der Waals surface area contributed by atoms with Crippen LogP contribution in [0.1, 0.15) is 11.1 Å². The van der Waals surface area contributed by atoms with Gasteiger partial charge in [-0.2, -0.15) is 0 Å². The summed E-state index contributed by atoms with van der Waals surface area (Å²) in [7, 11) is 0. The first kappa shape index (κ1) is 18.2. The number of carbonyl (C=O) groups excluding carboxylic acids is 1. The van der Waals surface area contributed by atoms with Crippen molar-refractivity contribution in [2.24, 2.45) is 10.7 Å². The molecule has 0 aliphatic heterocycles. The van der Waals surface area contributed by atoms with E-state index in [1.807, 2.05) is 0 Å². The Labute approximate surface area is 160 Å². The van der Waals surface area contributed by atoms with Crippen LogP contribution < -0.4 is 11.1 Å². The third-order valence-electron chi connectivity index (χ3n) is 3.59. The Bertz CT molecular complexity index is 1030. The zero-order valence-corrected chi connectivity index (χ0v) is 15.7. The number of halogens is 2. The van der Waals surface area contributed by atoms with E-state index in [1.54, 1.807) is 23.6 Å². The quantitative estimate of drug-likeness (QED) is 0.421. The van der Waals surface area contributed by atoms with Crippen LogP contribution in [-0.2, 0) is 11.2 Å². The lowest BCUT2D eigenvalue weighted by Gasteiger charge is -2.08. The van der Waals surface area contributed by atoms with Crippen molar-refractivity contribution in [2.75, 3.05) is 5.32 Å². The van der Waals surface area contributed by atoms with E-state index in [9.17, 15) is 9.18 Å². The van der Waals surface area contributed by atoms with Gasteiger partial charge in [-0.1, -0.05) is 12.1 Å². The summed E-state index contributed by atoms with van der Waals surface area (Å²) >= 11 is 4.65. The highest BCUT2D eigenvalue weighted by Crippen LogP contribution is 2.32. The molecule has 3 rings (SSSR count).